The molecule has 2 aromatic heterocycles. The lowest BCUT2D eigenvalue weighted by atomic mass is 9.87. The predicted molar refractivity (Wildman–Crippen MR) is 92.7 cm³/mol. The lowest BCUT2D eigenvalue weighted by Crippen LogP contribution is -2.37. The van der Waals surface area contributed by atoms with Crippen molar-refractivity contribution in [1.29, 1.82) is 0 Å². The molecule has 3 rings (SSSR count). The van der Waals surface area contributed by atoms with E-state index in [0.29, 0.717) is 5.92 Å². The number of hydrogen-bond acceptors (Lipinski definition) is 4. The van der Waals surface area contributed by atoms with Gasteiger partial charge in [0, 0.05) is 17.1 Å². The maximum atomic E-state index is 13.3. The van der Waals surface area contributed by atoms with E-state index in [9.17, 15) is 18.0 Å². The molecule has 1 saturated carbocycles. The zero-order valence-electron chi connectivity index (χ0n) is 14.0. The fraction of sp³-hybridized carbons (Fsp3) is 0.529. The minimum atomic E-state index is -4.55. The van der Waals surface area contributed by atoms with Crippen molar-refractivity contribution in [1.82, 2.24) is 10.3 Å². The van der Waals surface area contributed by atoms with Gasteiger partial charge in [-0.05, 0) is 44.6 Å². The van der Waals surface area contributed by atoms with E-state index in [1.165, 1.54) is 6.92 Å². The number of rotatable bonds is 2. The van der Waals surface area contributed by atoms with Gasteiger partial charge in [0.15, 0.2) is 0 Å². The molecule has 1 amide bonds. The smallest absolute Gasteiger partial charge is 0.397 e. The Hall–Kier alpha value is -1.83. The van der Waals surface area contributed by atoms with E-state index in [2.05, 4.69) is 17.2 Å². The molecule has 0 saturated heterocycles. The number of pyridine rings is 1. The van der Waals surface area contributed by atoms with Crippen LogP contribution >= 0.6 is 11.3 Å². The average molecular weight is 371 g/mol. The number of aromatic nitrogens is 1. The molecule has 0 radical (unpaired) electrons. The van der Waals surface area contributed by atoms with Gasteiger partial charge in [0.05, 0.1) is 11.3 Å². The highest BCUT2D eigenvalue weighted by Gasteiger charge is 2.36. The number of nitrogens with two attached hydrogens (primary N) is 1. The van der Waals surface area contributed by atoms with Crippen LogP contribution in [0, 0.1) is 12.8 Å². The number of carbonyl (C=O) groups excluding carboxylic acids is 1. The third-order valence-corrected chi connectivity index (χ3v) is 5.79. The monoisotopic (exact) mass is 371 g/mol. The summed E-state index contributed by atoms with van der Waals surface area (Å²) in [7, 11) is 0. The number of carbonyl (C=O) groups is 1. The van der Waals surface area contributed by atoms with Crippen molar-refractivity contribution >= 4 is 33.1 Å². The number of nitrogens with one attached hydrogen (secondary N) is 1. The van der Waals surface area contributed by atoms with E-state index >= 15 is 0 Å². The molecule has 4 nitrogen and oxygen atoms in total. The standard InChI is InChI=1S/C17H20F3N3OS/c1-8-3-5-10(6-4-8)23-15(24)14-13(21)12-11(17(18,19)20)7-9(2)22-16(12)25-14/h7-8,10H,3-6,21H2,1-2H3,(H,23,24). The molecule has 2 aromatic rings. The van der Waals surface area contributed by atoms with Gasteiger partial charge in [-0.25, -0.2) is 4.98 Å². The summed E-state index contributed by atoms with van der Waals surface area (Å²) in [5.41, 5.74) is 5.19. The van der Waals surface area contributed by atoms with Gasteiger partial charge in [0.25, 0.3) is 5.91 Å². The number of amides is 1. The van der Waals surface area contributed by atoms with Gasteiger partial charge in [-0.2, -0.15) is 13.2 Å². The van der Waals surface area contributed by atoms with E-state index in [-0.39, 0.29) is 32.5 Å². The van der Waals surface area contributed by atoms with Gasteiger partial charge >= 0.3 is 6.18 Å². The van der Waals surface area contributed by atoms with Gasteiger partial charge < -0.3 is 11.1 Å². The largest absolute Gasteiger partial charge is 0.417 e. The number of nitrogen functional groups attached to an aromatic ring is 1. The Kier molecular flexibility index (Phi) is 4.66. The molecule has 1 aliphatic rings. The van der Waals surface area contributed by atoms with Crippen molar-refractivity contribution in [2.75, 3.05) is 5.73 Å². The Morgan fingerprint density at radius 3 is 2.56 bits per heavy atom. The highest BCUT2D eigenvalue weighted by molar-refractivity contribution is 7.21. The van der Waals surface area contributed by atoms with Crippen LogP contribution < -0.4 is 11.1 Å². The van der Waals surface area contributed by atoms with Crippen molar-refractivity contribution in [3.63, 3.8) is 0 Å². The summed E-state index contributed by atoms with van der Waals surface area (Å²) in [5, 5.41) is 2.74. The molecule has 0 bridgehead atoms. The number of thiophene rings is 1. The number of halogens is 3. The second-order valence-corrected chi connectivity index (χ2v) is 7.76. The van der Waals surface area contributed by atoms with Gasteiger partial charge in [0.1, 0.15) is 9.71 Å². The predicted octanol–water partition coefficient (Wildman–Crippen LogP) is 4.51. The summed E-state index contributed by atoms with van der Waals surface area (Å²) in [6, 6.07) is 1.01. The third kappa shape index (κ3) is 3.58. The molecule has 136 valence electrons. The van der Waals surface area contributed by atoms with Gasteiger partial charge in [-0.3, -0.25) is 4.79 Å². The fourth-order valence-corrected chi connectivity index (χ4v) is 4.36. The van der Waals surface area contributed by atoms with Crippen LogP contribution in [0.5, 0.6) is 0 Å². The molecule has 25 heavy (non-hydrogen) atoms. The lowest BCUT2D eigenvalue weighted by molar-refractivity contribution is -0.136. The first-order chi connectivity index (χ1) is 11.7. The van der Waals surface area contributed by atoms with E-state index in [1.807, 2.05) is 0 Å². The summed E-state index contributed by atoms with van der Waals surface area (Å²) in [6.45, 7) is 3.67. The minimum absolute atomic E-state index is 0.0464. The van der Waals surface area contributed by atoms with E-state index < -0.39 is 17.6 Å². The Balaban J connectivity index is 1.95. The van der Waals surface area contributed by atoms with Crippen LogP contribution in [0.25, 0.3) is 10.2 Å². The second-order valence-electron chi connectivity index (χ2n) is 6.76. The molecule has 0 spiro atoms. The van der Waals surface area contributed by atoms with E-state index in [1.54, 1.807) is 0 Å². The Bertz CT molecular complexity index is 808. The summed E-state index contributed by atoms with van der Waals surface area (Å²) in [5.74, 6) is 0.231. The van der Waals surface area contributed by atoms with E-state index in [0.717, 1.165) is 43.1 Å². The zero-order chi connectivity index (χ0) is 18.4. The fourth-order valence-electron chi connectivity index (χ4n) is 3.29. The van der Waals surface area contributed by atoms with Crippen LogP contribution in [0.3, 0.4) is 0 Å². The highest BCUT2D eigenvalue weighted by Crippen LogP contribution is 2.42. The van der Waals surface area contributed by atoms with Crippen LogP contribution in [0.4, 0.5) is 18.9 Å². The lowest BCUT2D eigenvalue weighted by Gasteiger charge is -2.26. The molecule has 0 aliphatic heterocycles. The minimum Gasteiger partial charge on any atom is -0.397 e. The Morgan fingerprint density at radius 1 is 1.32 bits per heavy atom. The number of hydrogen-bond donors (Lipinski definition) is 2. The number of aryl methyl sites for hydroxylation is 1. The molecule has 0 unspecified atom stereocenters. The third-order valence-electron chi connectivity index (χ3n) is 4.69. The van der Waals surface area contributed by atoms with Crippen LogP contribution in [0.2, 0.25) is 0 Å². The molecule has 1 aliphatic carbocycles. The average Bonchev–Trinajstić information content (AvgIpc) is 2.84. The van der Waals surface area contributed by atoms with Crippen molar-refractivity contribution in [2.45, 2.75) is 51.7 Å². The number of alkyl halides is 3. The molecule has 2 heterocycles. The van der Waals surface area contributed by atoms with Crippen LogP contribution in [0.1, 0.15) is 53.5 Å². The van der Waals surface area contributed by atoms with Crippen LogP contribution in [-0.4, -0.2) is 16.9 Å². The first-order valence-electron chi connectivity index (χ1n) is 8.24. The quantitative estimate of drug-likeness (QED) is 0.816. The van der Waals surface area contributed by atoms with Crippen LogP contribution in [0.15, 0.2) is 6.07 Å². The van der Waals surface area contributed by atoms with Crippen molar-refractivity contribution in [2.24, 2.45) is 5.92 Å². The first kappa shape index (κ1) is 18.0. The van der Waals surface area contributed by atoms with Crippen molar-refractivity contribution in [3.05, 3.63) is 22.2 Å². The van der Waals surface area contributed by atoms with Gasteiger partial charge in [-0.15, -0.1) is 11.3 Å². The topological polar surface area (TPSA) is 68.0 Å². The second kappa shape index (κ2) is 6.48. The highest BCUT2D eigenvalue weighted by atomic mass is 32.1. The Morgan fingerprint density at radius 2 is 1.96 bits per heavy atom. The number of fused-ring (bicyclic) bond motifs is 1. The normalized spacial score (nSPS) is 21.5. The summed E-state index contributed by atoms with van der Waals surface area (Å²) in [6.07, 6.45) is -0.724. The van der Waals surface area contributed by atoms with Gasteiger partial charge in [0.2, 0.25) is 0 Å². The van der Waals surface area contributed by atoms with Crippen molar-refractivity contribution < 1.29 is 18.0 Å². The molecule has 1 fully saturated rings. The molecule has 3 N–H and O–H groups in total. The van der Waals surface area contributed by atoms with Crippen molar-refractivity contribution in [3.8, 4) is 0 Å². The maximum Gasteiger partial charge on any atom is 0.417 e. The maximum absolute atomic E-state index is 13.3. The molecule has 8 heteroatoms. The Labute approximate surface area is 147 Å². The van der Waals surface area contributed by atoms with Gasteiger partial charge in [-0.1, -0.05) is 6.92 Å². The molecule has 0 aromatic carbocycles. The zero-order valence-corrected chi connectivity index (χ0v) is 14.9. The number of nitrogens with zero attached hydrogens (tertiary/aromatic N) is 1. The summed E-state index contributed by atoms with van der Waals surface area (Å²) >= 11 is 0.917. The first-order valence-corrected chi connectivity index (χ1v) is 9.06. The number of anilines is 1. The summed E-state index contributed by atoms with van der Waals surface area (Å²) < 4.78 is 40.0. The summed E-state index contributed by atoms with van der Waals surface area (Å²) in [4.78, 5) is 16.9. The van der Waals surface area contributed by atoms with E-state index in [4.69, 9.17) is 5.73 Å². The SMILES string of the molecule is Cc1cc(C(F)(F)F)c2c(N)c(C(=O)NC3CCC(C)CC3)sc2n1. The molecular formula is C17H20F3N3OS. The van der Waals surface area contributed by atoms with Crippen LogP contribution in [-0.2, 0) is 6.18 Å². The molecule has 0 atom stereocenters. The molecular weight excluding hydrogens is 351 g/mol.